The van der Waals surface area contributed by atoms with Gasteiger partial charge in [-0.15, -0.1) is 5.92 Å². The van der Waals surface area contributed by atoms with Gasteiger partial charge >= 0.3 is 0 Å². The van der Waals surface area contributed by atoms with Crippen LogP contribution in [0.5, 0.6) is 0 Å². The van der Waals surface area contributed by atoms with Crippen molar-refractivity contribution in [2.45, 2.75) is 39.2 Å². The Morgan fingerprint density at radius 2 is 1.52 bits per heavy atom. The predicted molar refractivity (Wildman–Crippen MR) is 96.1 cm³/mol. The molecule has 1 aliphatic rings. The summed E-state index contributed by atoms with van der Waals surface area (Å²) in [5.41, 5.74) is 4.24. The van der Waals surface area contributed by atoms with Crippen LogP contribution in [0.1, 0.15) is 44.7 Å². The molecule has 0 radical (unpaired) electrons. The van der Waals surface area contributed by atoms with E-state index in [0.29, 0.717) is 5.92 Å². The Morgan fingerprint density at radius 3 is 2.04 bits per heavy atom. The van der Waals surface area contributed by atoms with Crippen LogP contribution in [-0.2, 0) is 10.3 Å². The molecular weight excluding hydrogens is 280 g/mol. The van der Waals surface area contributed by atoms with Crippen molar-refractivity contribution in [2.75, 3.05) is 6.61 Å². The van der Waals surface area contributed by atoms with Crippen LogP contribution in [0.4, 0.5) is 0 Å². The maximum atomic E-state index is 6.46. The second-order valence-electron chi connectivity index (χ2n) is 6.53. The summed E-state index contributed by atoms with van der Waals surface area (Å²) in [4.78, 5) is 0. The monoisotopic (exact) mass is 304 g/mol. The van der Waals surface area contributed by atoms with Crippen molar-refractivity contribution in [3.63, 3.8) is 0 Å². The van der Waals surface area contributed by atoms with Gasteiger partial charge in [0.1, 0.15) is 0 Å². The van der Waals surface area contributed by atoms with E-state index in [-0.39, 0.29) is 0 Å². The van der Waals surface area contributed by atoms with E-state index in [4.69, 9.17) is 4.74 Å². The molecule has 2 aromatic rings. The molecular formula is C22H24O. The second kappa shape index (κ2) is 6.60. The molecule has 0 fully saturated rings. The van der Waals surface area contributed by atoms with E-state index in [1.807, 2.05) is 6.92 Å². The Balaban J connectivity index is 2.02. The summed E-state index contributed by atoms with van der Waals surface area (Å²) < 4.78 is 6.46. The SMILES string of the molecule is CC#CC1(OCCCC(C)C)c2ccccc2-c2ccccc21. The molecule has 23 heavy (non-hydrogen) atoms. The third-order valence-corrected chi connectivity index (χ3v) is 4.45. The van der Waals surface area contributed by atoms with E-state index in [0.717, 1.165) is 13.0 Å². The average molecular weight is 304 g/mol. The molecule has 0 amide bonds. The van der Waals surface area contributed by atoms with Crippen LogP contribution < -0.4 is 0 Å². The van der Waals surface area contributed by atoms with Gasteiger partial charge in [-0.3, -0.25) is 0 Å². The summed E-state index contributed by atoms with van der Waals surface area (Å²) in [6.07, 6.45) is 2.24. The second-order valence-corrected chi connectivity index (χ2v) is 6.53. The molecule has 0 atom stereocenters. The van der Waals surface area contributed by atoms with Crippen LogP contribution in [0.15, 0.2) is 48.5 Å². The van der Waals surface area contributed by atoms with Gasteiger partial charge < -0.3 is 4.74 Å². The fourth-order valence-electron chi connectivity index (χ4n) is 3.41. The zero-order chi connectivity index (χ0) is 16.3. The molecule has 3 rings (SSSR count). The molecule has 118 valence electrons. The van der Waals surface area contributed by atoms with Gasteiger partial charge in [-0.2, -0.15) is 0 Å². The van der Waals surface area contributed by atoms with E-state index in [1.54, 1.807) is 0 Å². The molecule has 0 N–H and O–H groups in total. The van der Waals surface area contributed by atoms with Crippen LogP contribution in [0, 0.1) is 17.8 Å². The number of benzene rings is 2. The smallest absolute Gasteiger partial charge is 0.180 e. The molecule has 1 aliphatic carbocycles. The van der Waals surface area contributed by atoms with E-state index >= 15 is 0 Å². The van der Waals surface area contributed by atoms with E-state index in [2.05, 4.69) is 74.2 Å². The lowest BCUT2D eigenvalue weighted by Gasteiger charge is -2.27. The quantitative estimate of drug-likeness (QED) is 0.532. The standard InChI is InChI=1S/C22H24O/c1-4-15-22(23-16-9-10-17(2)3)20-13-7-5-11-18(20)19-12-6-8-14-21(19)22/h5-8,11-14,17H,9-10,16H2,1-3H3. The van der Waals surface area contributed by atoms with E-state index < -0.39 is 5.60 Å². The molecule has 0 heterocycles. The van der Waals surface area contributed by atoms with Crippen LogP contribution in [-0.4, -0.2) is 6.61 Å². The van der Waals surface area contributed by atoms with Crippen molar-refractivity contribution in [1.82, 2.24) is 0 Å². The Bertz CT molecular complexity index is 700. The first-order valence-corrected chi connectivity index (χ1v) is 8.46. The predicted octanol–water partition coefficient (Wildman–Crippen LogP) is 5.39. The van der Waals surface area contributed by atoms with Crippen molar-refractivity contribution < 1.29 is 4.74 Å². The highest BCUT2D eigenvalue weighted by Gasteiger charge is 2.42. The molecule has 0 saturated heterocycles. The van der Waals surface area contributed by atoms with Crippen LogP contribution in [0.2, 0.25) is 0 Å². The normalized spacial score (nSPS) is 14.1. The van der Waals surface area contributed by atoms with Crippen LogP contribution >= 0.6 is 0 Å². The van der Waals surface area contributed by atoms with Gasteiger partial charge in [-0.1, -0.05) is 68.3 Å². The van der Waals surface area contributed by atoms with Crippen LogP contribution in [0.25, 0.3) is 11.1 Å². The lowest BCUT2D eigenvalue weighted by molar-refractivity contribution is 0.0261. The van der Waals surface area contributed by atoms with Crippen LogP contribution in [0.3, 0.4) is 0 Å². The summed E-state index contributed by atoms with van der Waals surface area (Å²) in [6.45, 7) is 7.13. The molecule has 0 unspecified atom stereocenters. The Hall–Kier alpha value is -2.04. The van der Waals surface area contributed by atoms with Gasteiger partial charge in [0.15, 0.2) is 5.60 Å². The summed E-state index contributed by atoms with van der Waals surface area (Å²) >= 11 is 0. The average Bonchev–Trinajstić information content (AvgIpc) is 2.84. The largest absolute Gasteiger partial charge is 0.354 e. The minimum atomic E-state index is -0.612. The summed E-state index contributed by atoms with van der Waals surface area (Å²) in [5.74, 6) is 7.20. The highest BCUT2D eigenvalue weighted by Crippen LogP contribution is 2.49. The molecule has 1 heteroatoms. The first-order valence-electron chi connectivity index (χ1n) is 8.46. The van der Waals surface area contributed by atoms with Gasteiger partial charge in [0.2, 0.25) is 0 Å². The maximum Gasteiger partial charge on any atom is 0.180 e. The van der Waals surface area contributed by atoms with Gasteiger partial charge in [-0.05, 0) is 36.8 Å². The van der Waals surface area contributed by atoms with Gasteiger partial charge in [0.25, 0.3) is 0 Å². The van der Waals surface area contributed by atoms with Gasteiger partial charge in [-0.25, -0.2) is 0 Å². The Kier molecular flexibility index (Phi) is 4.55. The number of ether oxygens (including phenoxy) is 1. The Labute approximate surface area is 139 Å². The maximum absolute atomic E-state index is 6.46. The third kappa shape index (κ3) is 2.80. The highest BCUT2D eigenvalue weighted by molar-refractivity contribution is 5.82. The van der Waals surface area contributed by atoms with Crippen molar-refractivity contribution in [1.29, 1.82) is 0 Å². The first-order chi connectivity index (χ1) is 11.2. The van der Waals surface area contributed by atoms with Gasteiger partial charge in [0.05, 0.1) is 0 Å². The summed E-state index contributed by atoms with van der Waals surface area (Å²) in [6, 6.07) is 17.0. The van der Waals surface area contributed by atoms with Crippen molar-refractivity contribution in [2.24, 2.45) is 5.92 Å². The van der Waals surface area contributed by atoms with Gasteiger partial charge in [0, 0.05) is 17.7 Å². The molecule has 0 aromatic heterocycles. The molecule has 0 bridgehead atoms. The molecule has 0 aliphatic heterocycles. The zero-order valence-electron chi connectivity index (χ0n) is 14.2. The topological polar surface area (TPSA) is 9.23 Å². The number of hydrogen-bond acceptors (Lipinski definition) is 1. The van der Waals surface area contributed by atoms with E-state index in [9.17, 15) is 0 Å². The Morgan fingerprint density at radius 1 is 0.957 bits per heavy atom. The van der Waals surface area contributed by atoms with Crippen molar-refractivity contribution >= 4 is 0 Å². The fourth-order valence-corrected chi connectivity index (χ4v) is 3.41. The minimum Gasteiger partial charge on any atom is -0.354 e. The summed E-state index contributed by atoms with van der Waals surface area (Å²) in [5, 5.41) is 0. The minimum absolute atomic E-state index is 0.612. The fraction of sp³-hybridized carbons (Fsp3) is 0.364. The first kappa shape index (κ1) is 15.8. The zero-order valence-corrected chi connectivity index (χ0v) is 14.2. The third-order valence-electron chi connectivity index (χ3n) is 4.45. The van der Waals surface area contributed by atoms with Crippen molar-refractivity contribution in [3.05, 3.63) is 59.7 Å². The number of fused-ring (bicyclic) bond motifs is 3. The molecule has 1 nitrogen and oxygen atoms in total. The highest BCUT2D eigenvalue weighted by atomic mass is 16.5. The summed E-state index contributed by atoms with van der Waals surface area (Å²) in [7, 11) is 0. The van der Waals surface area contributed by atoms with E-state index in [1.165, 1.54) is 28.7 Å². The molecule has 2 aromatic carbocycles. The number of rotatable bonds is 5. The molecule has 0 saturated carbocycles. The number of hydrogen-bond donors (Lipinski definition) is 0. The van der Waals surface area contributed by atoms with Crippen molar-refractivity contribution in [3.8, 4) is 23.0 Å². The lowest BCUT2D eigenvalue weighted by Crippen LogP contribution is -2.28. The molecule has 0 spiro atoms. The lowest BCUT2D eigenvalue weighted by atomic mass is 9.91.